The van der Waals surface area contributed by atoms with E-state index in [1.807, 2.05) is 16.9 Å². The fourth-order valence-electron chi connectivity index (χ4n) is 4.29. The van der Waals surface area contributed by atoms with Gasteiger partial charge in [0.2, 0.25) is 5.89 Å². The fourth-order valence-corrected chi connectivity index (χ4v) is 4.29. The number of aromatic nitrogens is 4. The molecule has 2 fully saturated rings. The SMILES string of the molecule is Cc1noc(C(NC(=O)NC2CCCCC2n2cccn2)C2CCOCC2)n1. The number of urea groups is 1. The molecule has 3 unspecified atom stereocenters. The minimum Gasteiger partial charge on any atom is -0.381 e. The first-order valence-corrected chi connectivity index (χ1v) is 10.1. The molecule has 2 aliphatic rings. The molecule has 152 valence electrons. The first kappa shape index (κ1) is 18.9. The third-order valence-corrected chi connectivity index (χ3v) is 5.74. The highest BCUT2D eigenvalue weighted by atomic mass is 16.5. The molecule has 1 aliphatic carbocycles. The van der Waals surface area contributed by atoms with Gasteiger partial charge in [-0.3, -0.25) is 4.68 Å². The van der Waals surface area contributed by atoms with E-state index in [1.54, 1.807) is 13.1 Å². The zero-order valence-corrected chi connectivity index (χ0v) is 16.2. The Kier molecular flexibility index (Phi) is 5.90. The second-order valence-corrected chi connectivity index (χ2v) is 7.67. The van der Waals surface area contributed by atoms with Crippen molar-refractivity contribution in [2.75, 3.05) is 13.2 Å². The Hall–Kier alpha value is -2.42. The summed E-state index contributed by atoms with van der Waals surface area (Å²) in [6.07, 6.45) is 9.67. The van der Waals surface area contributed by atoms with Crippen LogP contribution in [0.3, 0.4) is 0 Å². The van der Waals surface area contributed by atoms with Crippen molar-refractivity contribution in [3.63, 3.8) is 0 Å². The first-order chi connectivity index (χ1) is 13.7. The molecule has 1 saturated carbocycles. The third kappa shape index (κ3) is 4.35. The van der Waals surface area contributed by atoms with E-state index < -0.39 is 0 Å². The Balaban J connectivity index is 1.44. The molecule has 2 N–H and O–H groups in total. The van der Waals surface area contributed by atoms with Crippen LogP contribution in [0.1, 0.15) is 62.3 Å². The predicted octanol–water partition coefficient (Wildman–Crippen LogP) is 2.53. The highest BCUT2D eigenvalue weighted by Crippen LogP contribution is 2.30. The maximum Gasteiger partial charge on any atom is 0.315 e. The van der Waals surface area contributed by atoms with Gasteiger partial charge in [-0.25, -0.2) is 4.79 Å². The summed E-state index contributed by atoms with van der Waals surface area (Å²) < 4.78 is 12.8. The number of carbonyl (C=O) groups is 1. The molecule has 0 spiro atoms. The van der Waals surface area contributed by atoms with Crippen molar-refractivity contribution in [3.8, 4) is 0 Å². The molecule has 2 amide bonds. The molecule has 1 saturated heterocycles. The number of amides is 2. The molecule has 28 heavy (non-hydrogen) atoms. The average molecular weight is 388 g/mol. The van der Waals surface area contributed by atoms with E-state index >= 15 is 0 Å². The average Bonchev–Trinajstić information content (AvgIpc) is 3.39. The number of ether oxygens (including phenoxy) is 1. The summed E-state index contributed by atoms with van der Waals surface area (Å²) in [7, 11) is 0. The quantitative estimate of drug-likeness (QED) is 0.815. The summed E-state index contributed by atoms with van der Waals surface area (Å²) in [5.74, 6) is 1.25. The standard InChI is InChI=1S/C19H28N6O3/c1-13-21-18(28-24-13)17(14-7-11-27-12-8-14)23-19(26)22-15-5-2-3-6-16(15)25-10-4-9-20-25/h4,9-10,14-17H,2-3,5-8,11-12H2,1H3,(H2,22,23,26). The highest BCUT2D eigenvalue weighted by Gasteiger charge is 2.33. The van der Waals surface area contributed by atoms with Crippen molar-refractivity contribution in [2.45, 2.75) is 63.6 Å². The molecule has 3 atom stereocenters. The van der Waals surface area contributed by atoms with Gasteiger partial charge < -0.3 is 19.9 Å². The van der Waals surface area contributed by atoms with Gasteiger partial charge >= 0.3 is 6.03 Å². The Bertz CT molecular complexity index is 756. The summed E-state index contributed by atoms with van der Waals surface area (Å²) in [4.78, 5) is 17.3. The van der Waals surface area contributed by atoms with Crippen molar-refractivity contribution < 1.29 is 14.1 Å². The third-order valence-electron chi connectivity index (χ3n) is 5.74. The largest absolute Gasteiger partial charge is 0.381 e. The number of nitrogens with one attached hydrogen (secondary N) is 2. The van der Waals surface area contributed by atoms with E-state index in [1.165, 1.54) is 0 Å². The van der Waals surface area contributed by atoms with Crippen LogP contribution in [-0.2, 0) is 4.74 Å². The van der Waals surface area contributed by atoms with Crippen LogP contribution in [0, 0.1) is 12.8 Å². The number of hydrogen-bond acceptors (Lipinski definition) is 6. The van der Waals surface area contributed by atoms with Crippen LogP contribution in [0.25, 0.3) is 0 Å². The van der Waals surface area contributed by atoms with Crippen LogP contribution in [-0.4, -0.2) is 45.2 Å². The monoisotopic (exact) mass is 388 g/mol. The highest BCUT2D eigenvalue weighted by molar-refractivity contribution is 5.74. The van der Waals surface area contributed by atoms with Gasteiger partial charge in [-0.2, -0.15) is 10.1 Å². The molecular formula is C19H28N6O3. The van der Waals surface area contributed by atoms with Crippen LogP contribution in [0.5, 0.6) is 0 Å². The predicted molar refractivity (Wildman–Crippen MR) is 101 cm³/mol. The summed E-state index contributed by atoms with van der Waals surface area (Å²) in [6, 6.07) is 1.65. The Morgan fingerprint density at radius 1 is 1.25 bits per heavy atom. The molecule has 4 rings (SSSR count). The van der Waals surface area contributed by atoms with Crippen molar-refractivity contribution in [3.05, 3.63) is 30.2 Å². The first-order valence-electron chi connectivity index (χ1n) is 10.1. The minimum absolute atomic E-state index is 0.0495. The number of rotatable bonds is 5. The Morgan fingerprint density at radius 2 is 2.07 bits per heavy atom. The fraction of sp³-hybridized carbons (Fsp3) is 0.684. The van der Waals surface area contributed by atoms with Crippen LogP contribution in [0.4, 0.5) is 4.79 Å². The summed E-state index contributed by atoms with van der Waals surface area (Å²) in [5, 5.41) is 14.5. The number of carbonyl (C=O) groups excluding carboxylic acids is 1. The summed E-state index contributed by atoms with van der Waals surface area (Å²) in [5.41, 5.74) is 0. The van der Waals surface area contributed by atoms with Crippen molar-refractivity contribution in [1.29, 1.82) is 0 Å². The van der Waals surface area contributed by atoms with Crippen molar-refractivity contribution in [2.24, 2.45) is 5.92 Å². The van der Waals surface area contributed by atoms with Gasteiger partial charge in [-0.05, 0) is 44.6 Å². The molecule has 0 aromatic carbocycles. The minimum atomic E-state index is -0.308. The van der Waals surface area contributed by atoms with Gasteiger partial charge in [-0.1, -0.05) is 18.0 Å². The van der Waals surface area contributed by atoms with Gasteiger partial charge in [0, 0.05) is 25.6 Å². The van der Waals surface area contributed by atoms with Gasteiger partial charge in [-0.15, -0.1) is 0 Å². The molecule has 1 aliphatic heterocycles. The van der Waals surface area contributed by atoms with E-state index in [9.17, 15) is 4.79 Å². The maximum atomic E-state index is 12.9. The van der Waals surface area contributed by atoms with Crippen LogP contribution in [0.15, 0.2) is 23.0 Å². The van der Waals surface area contributed by atoms with Crippen molar-refractivity contribution in [1.82, 2.24) is 30.6 Å². The normalized spacial score (nSPS) is 24.6. The second-order valence-electron chi connectivity index (χ2n) is 7.67. The molecule has 0 radical (unpaired) electrons. The lowest BCUT2D eigenvalue weighted by Gasteiger charge is -2.33. The van der Waals surface area contributed by atoms with Gasteiger partial charge in [0.05, 0.1) is 12.1 Å². The lowest BCUT2D eigenvalue weighted by atomic mass is 9.90. The molecule has 0 bridgehead atoms. The van der Waals surface area contributed by atoms with E-state index in [0.29, 0.717) is 24.9 Å². The molecule has 2 aromatic heterocycles. The van der Waals surface area contributed by atoms with Crippen LogP contribution >= 0.6 is 0 Å². The molecule has 9 nitrogen and oxygen atoms in total. The van der Waals surface area contributed by atoms with Crippen LogP contribution in [0.2, 0.25) is 0 Å². The lowest BCUT2D eigenvalue weighted by molar-refractivity contribution is 0.0501. The molecule has 3 heterocycles. The Morgan fingerprint density at radius 3 is 2.79 bits per heavy atom. The van der Waals surface area contributed by atoms with Crippen molar-refractivity contribution >= 4 is 6.03 Å². The zero-order valence-electron chi connectivity index (χ0n) is 16.2. The van der Waals surface area contributed by atoms with Gasteiger partial charge in [0.25, 0.3) is 0 Å². The van der Waals surface area contributed by atoms with E-state index in [0.717, 1.165) is 38.5 Å². The second kappa shape index (κ2) is 8.72. The van der Waals surface area contributed by atoms with Gasteiger partial charge in [0.1, 0.15) is 6.04 Å². The Labute approximate surface area is 164 Å². The zero-order chi connectivity index (χ0) is 19.3. The number of aryl methyl sites for hydroxylation is 1. The molecule has 2 aromatic rings. The molecular weight excluding hydrogens is 360 g/mol. The van der Waals surface area contributed by atoms with E-state index in [4.69, 9.17) is 9.26 Å². The smallest absolute Gasteiger partial charge is 0.315 e. The maximum absolute atomic E-state index is 12.9. The lowest BCUT2D eigenvalue weighted by Crippen LogP contribution is -2.49. The van der Waals surface area contributed by atoms with Gasteiger partial charge in [0.15, 0.2) is 5.82 Å². The topological polar surface area (TPSA) is 107 Å². The van der Waals surface area contributed by atoms with E-state index in [2.05, 4.69) is 25.9 Å². The van der Waals surface area contributed by atoms with E-state index in [-0.39, 0.29) is 30.1 Å². The summed E-state index contributed by atoms with van der Waals surface area (Å²) in [6.45, 7) is 3.15. The summed E-state index contributed by atoms with van der Waals surface area (Å²) >= 11 is 0. The molecule has 9 heteroatoms. The number of nitrogens with zero attached hydrogens (tertiary/aromatic N) is 4. The number of hydrogen-bond donors (Lipinski definition) is 2. The van der Waals surface area contributed by atoms with Crippen LogP contribution < -0.4 is 10.6 Å².